The summed E-state index contributed by atoms with van der Waals surface area (Å²) in [5, 5.41) is 4.30. The van der Waals surface area contributed by atoms with Crippen LogP contribution in [0, 0.1) is 0 Å². The fourth-order valence-electron chi connectivity index (χ4n) is 1.48. The molecule has 0 bridgehead atoms. The average Bonchev–Trinajstić information content (AvgIpc) is 2.79. The molecule has 2 rings (SSSR count). The van der Waals surface area contributed by atoms with E-state index in [0.717, 1.165) is 5.69 Å². The number of aromatic nitrogens is 4. The van der Waals surface area contributed by atoms with E-state index >= 15 is 0 Å². The van der Waals surface area contributed by atoms with E-state index in [0.29, 0.717) is 6.54 Å². The van der Waals surface area contributed by atoms with Crippen LogP contribution in [0.25, 0.3) is 0 Å². The number of hydrogen-bond donors (Lipinski definition) is 0. The third kappa shape index (κ3) is 2.57. The van der Waals surface area contributed by atoms with Crippen molar-refractivity contribution in [3.8, 4) is 0 Å². The van der Waals surface area contributed by atoms with E-state index in [2.05, 4.69) is 10.1 Å². The molecule has 0 N–H and O–H groups in total. The Bertz CT molecular complexity index is 618. The number of hydrogen-bond acceptors (Lipinski definition) is 3. The van der Waals surface area contributed by atoms with Crippen molar-refractivity contribution in [3.05, 3.63) is 44.8 Å². The standard InChI is InChI=1S/C11H12Cl2N4O/c1-7(2)17-4-3-8(15-17)5-16-6-14-10(13)9(12)11(16)18/h3-4,6-7H,5H2,1-2H3. The molecule has 0 radical (unpaired) electrons. The average molecular weight is 287 g/mol. The molecule has 0 aliphatic rings. The van der Waals surface area contributed by atoms with Crippen molar-refractivity contribution in [3.63, 3.8) is 0 Å². The summed E-state index contributed by atoms with van der Waals surface area (Å²) in [6.07, 6.45) is 3.24. The van der Waals surface area contributed by atoms with Gasteiger partial charge in [0.1, 0.15) is 5.02 Å². The summed E-state index contributed by atoms with van der Waals surface area (Å²) in [7, 11) is 0. The molecule has 0 fully saturated rings. The van der Waals surface area contributed by atoms with Crippen molar-refractivity contribution in [1.29, 1.82) is 0 Å². The largest absolute Gasteiger partial charge is 0.292 e. The molecule has 0 aromatic carbocycles. The number of nitrogens with zero attached hydrogens (tertiary/aromatic N) is 4. The van der Waals surface area contributed by atoms with Crippen molar-refractivity contribution in [2.75, 3.05) is 0 Å². The Morgan fingerprint density at radius 2 is 2.11 bits per heavy atom. The lowest BCUT2D eigenvalue weighted by Gasteiger charge is -2.05. The summed E-state index contributed by atoms with van der Waals surface area (Å²) < 4.78 is 3.20. The molecule has 0 saturated heterocycles. The third-order valence-corrected chi connectivity index (χ3v) is 3.19. The molecule has 0 amide bonds. The first kappa shape index (κ1) is 13.1. The summed E-state index contributed by atoms with van der Waals surface area (Å²) >= 11 is 11.4. The number of rotatable bonds is 3. The van der Waals surface area contributed by atoms with E-state index in [4.69, 9.17) is 23.2 Å². The lowest BCUT2D eigenvalue weighted by molar-refractivity contribution is 0.522. The topological polar surface area (TPSA) is 52.7 Å². The Balaban J connectivity index is 2.29. The second-order valence-corrected chi connectivity index (χ2v) is 4.90. The molecule has 0 saturated carbocycles. The van der Waals surface area contributed by atoms with Crippen LogP contribution in [0.15, 0.2) is 23.4 Å². The first-order valence-corrected chi connectivity index (χ1v) is 6.19. The van der Waals surface area contributed by atoms with Crippen molar-refractivity contribution >= 4 is 23.2 Å². The van der Waals surface area contributed by atoms with E-state index in [1.54, 1.807) is 0 Å². The summed E-state index contributed by atoms with van der Waals surface area (Å²) in [5.41, 5.74) is 0.404. The van der Waals surface area contributed by atoms with Gasteiger partial charge in [-0.3, -0.25) is 14.0 Å². The molecule has 18 heavy (non-hydrogen) atoms. The Kier molecular flexibility index (Phi) is 3.73. The maximum atomic E-state index is 11.8. The normalized spacial score (nSPS) is 11.2. The maximum Gasteiger partial charge on any atom is 0.274 e. The second kappa shape index (κ2) is 5.12. The van der Waals surface area contributed by atoms with Gasteiger partial charge in [-0.15, -0.1) is 0 Å². The van der Waals surface area contributed by atoms with Gasteiger partial charge >= 0.3 is 0 Å². The van der Waals surface area contributed by atoms with Crippen LogP contribution in [0.3, 0.4) is 0 Å². The molecule has 96 valence electrons. The SMILES string of the molecule is CC(C)n1ccc(Cn2cnc(Cl)c(Cl)c2=O)n1. The summed E-state index contributed by atoms with van der Waals surface area (Å²) in [6, 6.07) is 2.14. The van der Waals surface area contributed by atoms with E-state index in [-0.39, 0.29) is 21.8 Å². The maximum absolute atomic E-state index is 11.8. The minimum atomic E-state index is -0.365. The van der Waals surface area contributed by atoms with Gasteiger partial charge in [0.15, 0.2) is 5.15 Å². The fraction of sp³-hybridized carbons (Fsp3) is 0.364. The van der Waals surface area contributed by atoms with Gasteiger partial charge in [0.2, 0.25) is 0 Å². The van der Waals surface area contributed by atoms with Crippen LogP contribution in [-0.2, 0) is 6.54 Å². The zero-order valence-corrected chi connectivity index (χ0v) is 11.5. The molecule has 2 aromatic rings. The van der Waals surface area contributed by atoms with E-state index < -0.39 is 0 Å². The molecule has 7 heteroatoms. The highest BCUT2D eigenvalue weighted by atomic mass is 35.5. The Hall–Kier alpha value is -1.33. The lowest BCUT2D eigenvalue weighted by Crippen LogP contribution is -2.22. The first-order valence-electron chi connectivity index (χ1n) is 5.43. The van der Waals surface area contributed by atoms with Crippen molar-refractivity contribution in [2.24, 2.45) is 0 Å². The fourth-order valence-corrected chi connectivity index (χ4v) is 1.76. The molecule has 5 nitrogen and oxygen atoms in total. The smallest absolute Gasteiger partial charge is 0.274 e. The van der Waals surface area contributed by atoms with Crippen LogP contribution < -0.4 is 5.56 Å². The predicted octanol–water partition coefficient (Wildman–Crippen LogP) is 2.38. The van der Waals surface area contributed by atoms with Crippen LogP contribution in [0.5, 0.6) is 0 Å². The highest BCUT2D eigenvalue weighted by Gasteiger charge is 2.09. The van der Waals surface area contributed by atoms with Gasteiger partial charge in [0.05, 0.1) is 18.6 Å². The summed E-state index contributed by atoms with van der Waals surface area (Å²) in [4.78, 5) is 15.6. The Morgan fingerprint density at radius 3 is 2.72 bits per heavy atom. The first-order chi connectivity index (χ1) is 8.49. The molecular weight excluding hydrogens is 275 g/mol. The van der Waals surface area contributed by atoms with Gasteiger partial charge < -0.3 is 0 Å². The molecule has 2 aromatic heterocycles. The van der Waals surface area contributed by atoms with Crippen molar-refractivity contribution < 1.29 is 0 Å². The summed E-state index contributed by atoms with van der Waals surface area (Å²) in [5.74, 6) is 0. The molecule has 2 heterocycles. The molecule has 0 spiro atoms. The molecule has 0 aliphatic carbocycles. The van der Waals surface area contributed by atoms with Gasteiger partial charge in [0.25, 0.3) is 5.56 Å². The highest BCUT2D eigenvalue weighted by Crippen LogP contribution is 2.13. The van der Waals surface area contributed by atoms with Crippen LogP contribution in [-0.4, -0.2) is 19.3 Å². The molecular formula is C11H12Cl2N4O. The van der Waals surface area contributed by atoms with E-state index in [9.17, 15) is 4.79 Å². The van der Waals surface area contributed by atoms with E-state index in [1.807, 2.05) is 30.8 Å². The predicted molar refractivity (Wildman–Crippen MR) is 70.2 cm³/mol. The summed E-state index contributed by atoms with van der Waals surface area (Å²) in [6.45, 7) is 4.38. The van der Waals surface area contributed by atoms with Crippen LogP contribution in [0.4, 0.5) is 0 Å². The van der Waals surface area contributed by atoms with Crippen LogP contribution >= 0.6 is 23.2 Å². The zero-order valence-electron chi connectivity index (χ0n) is 9.97. The minimum absolute atomic E-state index is 0.0191. The van der Waals surface area contributed by atoms with Crippen LogP contribution in [0.2, 0.25) is 10.2 Å². The van der Waals surface area contributed by atoms with Crippen LogP contribution in [0.1, 0.15) is 25.6 Å². The number of halogens is 2. The highest BCUT2D eigenvalue weighted by molar-refractivity contribution is 6.40. The third-order valence-electron chi connectivity index (χ3n) is 2.47. The molecule has 0 atom stereocenters. The second-order valence-electron chi connectivity index (χ2n) is 4.16. The monoisotopic (exact) mass is 286 g/mol. The van der Waals surface area contributed by atoms with Gasteiger partial charge in [0, 0.05) is 12.2 Å². The van der Waals surface area contributed by atoms with Gasteiger partial charge in [-0.1, -0.05) is 23.2 Å². The zero-order chi connectivity index (χ0) is 13.3. The van der Waals surface area contributed by atoms with E-state index in [1.165, 1.54) is 10.9 Å². The molecule has 0 aliphatic heterocycles. The lowest BCUT2D eigenvalue weighted by atomic mass is 10.4. The quantitative estimate of drug-likeness (QED) is 0.814. The van der Waals surface area contributed by atoms with Gasteiger partial charge in [-0.05, 0) is 19.9 Å². The molecule has 0 unspecified atom stereocenters. The Labute approximate surface area is 114 Å². The van der Waals surface area contributed by atoms with Gasteiger partial charge in [-0.25, -0.2) is 4.98 Å². The van der Waals surface area contributed by atoms with Gasteiger partial charge in [-0.2, -0.15) is 5.10 Å². The minimum Gasteiger partial charge on any atom is -0.292 e. The van der Waals surface area contributed by atoms with Crippen molar-refractivity contribution in [1.82, 2.24) is 19.3 Å². The Morgan fingerprint density at radius 1 is 1.39 bits per heavy atom. The van der Waals surface area contributed by atoms with Crippen molar-refractivity contribution in [2.45, 2.75) is 26.4 Å².